The van der Waals surface area contributed by atoms with Crippen molar-refractivity contribution in [3.63, 3.8) is 0 Å². The third kappa shape index (κ3) is 5.46. The molecule has 11 heteroatoms. The van der Waals surface area contributed by atoms with Gasteiger partial charge in [0, 0.05) is 18.8 Å². The molecule has 2 heterocycles. The average Bonchev–Trinajstić information content (AvgIpc) is 2.74. The van der Waals surface area contributed by atoms with Gasteiger partial charge in [0.15, 0.2) is 5.60 Å². The summed E-state index contributed by atoms with van der Waals surface area (Å²) in [5.74, 6) is -3.14. The number of halogens is 2. The molecular weight excluding hydrogens is 476 g/mol. The van der Waals surface area contributed by atoms with Gasteiger partial charge in [0.1, 0.15) is 11.1 Å². The molecule has 1 aromatic heterocycles. The number of aliphatic carboxylic acids is 1. The largest absolute Gasteiger partial charge is 0.479 e. The van der Waals surface area contributed by atoms with Crippen molar-refractivity contribution < 1.29 is 38.1 Å². The van der Waals surface area contributed by atoms with Crippen LogP contribution < -0.4 is 10.1 Å². The maximum Gasteiger partial charge on any atom is 0.388 e. The number of carbonyl (C=O) groups excluding carboxylic acids is 2. The number of amides is 2. The zero-order chi connectivity index (χ0) is 26.8. The van der Waals surface area contributed by atoms with Gasteiger partial charge in [0.25, 0.3) is 0 Å². The molecule has 1 atom stereocenters. The Balaban J connectivity index is 1.96. The second-order valence-corrected chi connectivity index (χ2v) is 9.47. The number of hydrogen-bond donors (Lipinski definition) is 3. The lowest BCUT2D eigenvalue weighted by atomic mass is 9.69. The normalized spacial score (nSPS) is 16.3. The smallest absolute Gasteiger partial charge is 0.388 e. The molecule has 2 amide bonds. The predicted octanol–water partition coefficient (Wildman–Crippen LogP) is 3.06. The molecule has 3 N–H and O–H groups in total. The van der Waals surface area contributed by atoms with E-state index < -0.39 is 47.7 Å². The molecule has 1 aliphatic rings. The number of hydrogen-bond acceptors (Lipinski definition) is 6. The monoisotopic (exact) mass is 505 g/mol. The zero-order valence-electron chi connectivity index (χ0n) is 20.4. The summed E-state index contributed by atoms with van der Waals surface area (Å²) in [4.78, 5) is 42.9. The molecule has 2 aromatic rings. The first kappa shape index (κ1) is 27.0. The van der Waals surface area contributed by atoms with Crippen LogP contribution in [-0.4, -0.2) is 63.2 Å². The number of aromatic nitrogens is 1. The highest BCUT2D eigenvalue weighted by atomic mass is 19.3. The van der Waals surface area contributed by atoms with Crippen molar-refractivity contribution in [2.75, 3.05) is 18.4 Å². The van der Waals surface area contributed by atoms with E-state index in [1.165, 1.54) is 17.0 Å². The van der Waals surface area contributed by atoms with Crippen LogP contribution in [0.15, 0.2) is 36.4 Å². The first-order valence-corrected chi connectivity index (χ1v) is 11.3. The maximum atomic E-state index is 13.7. The Bertz CT molecular complexity index is 1160. The Kier molecular flexibility index (Phi) is 7.63. The van der Waals surface area contributed by atoms with E-state index in [2.05, 4.69) is 15.0 Å². The van der Waals surface area contributed by atoms with Gasteiger partial charge in [-0.05, 0) is 43.0 Å². The number of carbonyl (C=O) groups is 3. The van der Waals surface area contributed by atoms with Gasteiger partial charge >= 0.3 is 12.6 Å². The van der Waals surface area contributed by atoms with Crippen molar-refractivity contribution in [1.29, 1.82) is 0 Å². The van der Waals surface area contributed by atoms with Gasteiger partial charge in [-0.1, -0.05) is 38.1 Å². The van der Waals surface area contributed by atoms with Crippen molar-refractivity contribution >= 4 is 23.5 Å². The predicted molar refractivity (Wildman–Crippen MR) is 126 cm³/mol. The number of pyridine rings is 1. The lowest BCUT2D eigenvalue weighted by molar-refractivity contribution is -0.164. The van der Waals surface area contributed by atoms with E-state index in [0.29, 0.717) is 11.3 Å². The van der Waals surface area contributed by atoms with Crippen LogP contribution in [-0.2, 0) is 19.8 Å². The number of nitrogens with one attached hydrogen (secondary N) is 1. The first-order chi connectivity index (χ1) is 16.8. The van der Waals surface area contributed by atoms with Crippen LogP contribution in [0.5, 0.6) is 5.88 Å². The molecule has 0 radical (unpaired) electrons. The minimum atomic E-state index is -3.15. The molecular formula is C25H29F2N3O6. The fourth-order valence-corrected chi connectivity index (χ4v) is 4.18. The maximum absolute atomic E-state index is 13.7. The number of likely N-dealkylation sites (tertiary alicyclic amines) is 1. The van der Waals surface area contributed by atoms with Crippen LogP contribution in [0.2, 0.25) is 0 Å². The number of nitrogens with zero attached hydrogens (tertiary/aromatic N) is 2. The number of ether oxygens (including phenoxy) is 1. The molecule has 1 aromatic carbocycles. The van der Waals surface area contributed by atoms with E-state index in [-0.39, 0.29) is 24.7 Å². The quantitative estimate of drug-likeness (QED) is 0.478. The highest BCUT2D eigenvalue weighted by Gasteiger charge is 2.54. The minimum absolute atomic E-state index is 0.0298. The lowest BCUT2D eigenvalue weighted by Crippen LogP contribution is -2.67. The summed E-state index contributed by atoms with van der Waals surface area (Å²) < 4.78 is 30.4. The summed E-state index contributed by atoms with van der Waals surface area (Å²) in [6.07, 6.45) is -0.667. The first-order valence-electron chi connectivity index (χ1n) is 11.3. The number of aliphatic hydroxyl groups is 1. The highest BCUT2D eigenvalue weighted by molar-refractivity contribution is 6.03. The van der Waals surface area contributed by atoms with Crippen LogP contribution in [0.4, 0.5) is 14.5 Å². The van der Waals surface area contributed by atoms with E-state index >= 15 is 0 Å². The fourth-order valence-electron chi connectivity index (χ4n) is 4.18. The Morgan fingerprint density at radius 2 is 1.83 bits per heavy atom. The summed E-state index contributed by atoms with van der Waals surface area (Å²) >= 11 is 0. The number of benzene rings is 1. The number of aryl methyl sites for hydroxylation is 1. The standard InChI is InChI=1S/C25H29F2N3O6/c1-14(2)16-7-5-6-8-17(16)25(12-30(13-25)19(31)11-24(4,35)22(33)34)21(32)29-18-10-9-15(3)28-20(18)36-23(26)27/h5-10,14,23,35H,11-13H2,1-4H3,(H,29,32)(H,33,34)/t24-/m0/s1. The molecule has 1 aliphatic heterocycles. The van der Waals surface area contributed by atoms with Gasteiger partial charge in [-0.2, -0.15) is 8.78 Å². The van der Waals surface area contributed by atoms with Crippen molar-refractivity contribution in [2.24, 2.45) is 0 Å². The topological polar surface area (TPSA) is 129 Å². The molecule has 0 spiro atoms. The third-order valence-electron chi connectivity index (χ3n) is 6.21. The Morgan fingerprint density at radius 1 is 1.19 bits per heavy atom. The molecule has 1 saturated heterocycles. The molecule has 0 bridgehead atoms. The second-order valence-electron chi connectivity index (χ2n) is 9.47. The highest BCUT2D eigenvalue weighted by Crippen LogP contribution is 2.41. The van der Waals surface area contributed by atoms with Crippen LogP contribution in [0.3, 0.4) is 0 Å². The van der Waals surface area contributed by atoms with Gasteiger partial charge < -0.3 is 25.2 Å². The fraction of sp³-hybridized carbons (Fsp3) is 0.440. The Hall–Kier alpha value is -3.60. The average molecular weight is 506 g/mol. The number of alkyl halides is 2. The summed E-state index contributed by atoms with van der Waals surface area (Å²) in [7, 11) is 0. The van der Waals surface area contributed by atoms with Gasteiger partial charge in [-0.25, -0.2) is 9.78 Å². The molecule has 3 rings (SSSR count). The molecule has 194 valence electrons. The molecule has 1 fully saturated rings. The van der Waals surface area contributed by atoms with Crippen molar-refractivity contribution in [3.05, 3.63) is 53.2 Å². The van der Waals surface area contributed by atoms with Crippen LogP contribution in [0, 0.1) is 6.92 Å². The molecule has 36 heavy (non-hydrogen) atoms. The summed E-state index contributed by atoms with van der Waals surface area (Å²) in [5, 5.41) is 21.8. The zero-order valence-corrected chi connectivity index (χ0v) is 20.4. The van der Waals surface area contributed by atoms with Gasteiger partial charge in [0.05, 0.1) is 6.42 Å². The molecule has 0 unspecified atom stereocenters. The lowest BCUT2D eigenvalue weighted by Gasteiger charge is -2.50. The van der Waals surface area contributed by atoms with E-state index in [1.807, 2.05) is 26.0 Å². The van der Waals surface area contributed by atoms with Crippen LogP contribution in [0.1, 0.15) is 49.9 Å². The number of rotatable bonds is 9. The molecule has 0 aliphatic carbocycles. The van der Waals surface area contributed by atoms with Gasteiger partial charge in [-0.3, -0.25) is 9.59 Å². The Labute approximate surface area is 207 Å². The summed E-state index contributed by atoms with van der Waals surface area (Å²) in [6.45, 7) is 3.18. The minimum Gasteiger partial charge on any atom is -0.479 e. The van der Waals surface area contributed by atoms with Crippen LogP contribution in [0.25, 0.3) is 0 Å². The number of carboxylic acids is 1. The Morgan fingerprint density at radius 3 is 2.42 bits per heavy atom. The van der Waals surface area contributed by atoms with Gasteiger partial charge in [-0.15, -0.1) is 0 Å². The van der Waals surface area contributed by atoms with Gasteiger partial charge in [0.2, 0.25) is 17.7 Å². The third-order valence-corrected chi connectivity index (χ3v) is 6.21. The summed E-state index contributed by atoms with van der Waals surface area (Å²) in [6, 6.07) is 10.2. The van der Waals surface area contributed by atoms with Crippen molar-refractivity contribution in [2.45, 2.75) is 57.7 Å². The van der Waals surface area contributed by atoms with Crippen molar-refractivity contribution in [3.8, 4) is 5.88 Å². The SMILES string of the molecule is Cc1ccc(NC(=O)C2(c3ccccc3C(C)C)CN(C(=O)C[C@](C)(O)C(=O)O)C2)c(OC(F)F)n1. The van der Waals surface area contributed by atoms with E-state index in [9.17, 15) is 28.3 Å². The van der Waals surface area contributed by atoms with Crippen molar-refractivity contribution in [1.82, 2.24) is 9.88 Å². The van der Waals surface area contributed by atoms with E-state index in [4.69, 9.17) is 5.11 Å². The van der Waals surface area contributed by atoms with E-state index in [1.54, 1.807) is 19.1 Å². The second kappa shape index (κ2) is 10.2. The summed E-state index contributed by atoms with van der Waals surface area (Å²) in [5.41, 5.74) is -1.63. The molecule has 0 saturated carbocycles. The number of anilines is 1. The van der Waals surface area contributed by atoms with E-state index in [0.717, 1.165) is 12.5 Å². The molecule has 9 nitrogen and oxygen atoms in total. The van der Waals surface area contributed by atoms with Crippen LogP contribution >= 0.6 is 0 Å². The number of carboxylic acid groups (broad SMARTS) is 1.